The van der Waals surface area contributed by atoms with Crippen molar-refractivity contribution in [3.8, 4) is 0 Å². The smallest absolute Gasteiger partial charge is 0.306 e. The molecule has 0 amide bonds. The number of ether oxygens (including phenoxy) is 3. The minimum Gasteiger partial charge on any atom is -0.462 e. The van der Waals surface area contributed by atoms with E-state index in [1.165, 1.54) is 186 Å². The Labute approximate surface area is 416 Å². The van der Waals surface area contributed by atoms with Crippen LogP contribution in [0.4, 0.5) is 0 Å². The van der Waals surface area contributed by atoms with Crippen LogP contribution in [0.15, 0.2) is 36.5 Å². The Kier molecular flexibility index (Phi) is 54.2. The number of hydrogen-bond donors (Lipinski definition) is 0. The van der Waals surface area contributed by atoms with E-state index >= 15 is 0 Å². The molecule has 0 aliphatic carbocycles. The average molecular weight is 942 g/mol. The van der Waals surface area contributed by atoms with Crippen molar-refractivity contribution in [3.63, 3.8) is 0 Å². The Hall–Kier alpha value is -2.37. The standard InChI is InChI=1S/C61H112O6/c1-4-7-10-13-16-19-22-25-28-29-30-31-32-33-34-37-39-42-45-48-51-54-60(63)66-57-58(67-61(64)55-52-49-46-43-40-36-27-24-21-18-15-12-9-6-3)56-65-59(62)53-50-47-44-41-38-35-26-23-20-17-14-11-8-5-2/h15,18,23-24,26-27,58H,4-14,16-17,19-22,25,28-57H2,1-3H3/b18-15-,26-23-,27-24-. The van der Waals surface area contributed by atoms with Crippen molar-refractivity contribution in [3.05, 3.63) is 36.5 Å². The van der Waals surface area contributed by atoms with Crippen LogP contribution in [-0.4, -0.2) is 37.2 Å². The first kappa shape index (κ1) is 64.6. The monoisotopic (exact) mass is 941 g/mol. The fourth-order valence-electron chi connectivity index (χ4n) is 8.63. The molecule has 67 heavy (non-hydrogen) atoms. The van der Waals surface area contributed by atoms with Crippen LogP contribution in [0.1, 0.15) is 316 Å². The molecule has 0 aliphatic rings. The quantitative estimate of drug-likeness (QED) is 0.0262. The van der Waals surface area contributed by atoms with Gasteiger partial charge in [-0.15, -0.1) is 0 Å². The molecule has 0 spiro atoms. The highest BCUT2D eigenvalue weighted by Crippen LogP contribution is 2.17. The van der Waals surface area contributed by atoms with Crippen LogP contribution in [0.3, 0.4) is 0 Å². The highest BCUT2D eigenvalue weighted by Gasteiger charge is 2.19. The summed E-state index contributed by atoms with van der Waals surface area (Å²) in [5, 5.41) is 0. The summed E-state index contributed by atoms with van der Waals surface area (Å²) < 4.78 is 16.9. The van der Waals surface area contributed by atoms with Crippen molar-refractivity contribution < 1.29 is 28.6 Å². The second-order valence-electron chi connectivity index (χ2n) is 19.9. The van der Waals surface area contributed by atoms with Gasteiger partial charge in [-0.05, 0) is 70.6 Å². The molecule has 0 bridgehead atoms. The summed E-state index contributed by atoms with van der Waals surface area (Å²) in [5.41, 5.74) is 0. The van der Waals surface area contributed by atoms with Gasteiger partial charge in [0.25, 0.3) is 0 Å². The number of hydrogen-bond acceptors (Lipinski definition) is 6. The maximum Gasteiger partial charge on any atom is 0.306 e. The van der Waals surface area contributed by atoms with Gasteiger partial charge >= 0.3 is 17.9 Å². The molecule has 0 aromatic carbocycles. The van der Waals surface area contributed by atoms with Crippen molar-refractivity contribution >= 4 is 17.9 Å². The summed E-state index contributed by atoms with van der Waals surface area (Å²) in [4.78, 5) is 38.1. The Bertz CT molecular complexity index is 1130. The fraction of sp³-hybridized carbons (Fsp3) is 0.852. The van der Waals surface area contributed by atoms with E-state index < -0.39 is 6.10 Å². The lowest BCUT2D eigenvalue weighted by atomic mass is 10.0. The number of carbonyl (C=O) groups excluding carboxylic acids is 3. The predicted molar refractivity (Wildman–Crippen MR) is 289 cm³/mol. The van der Waals surface area contributed by atoms with Gasteiger partial charge in [-0.3, -0.25) is 14.4 Å². The lowest BCUT2D eigenvalue weighted by Crippen LogP contribution is -2.30. The first-order valence-electron chi connectivity index (χ1n) is 29.5. The molecule has 6 nitrogen and oxygen atoms in total. The van der Waals surface area contributed by atoms with Crippen LogP contribution < -0.4 is 0 Å². The number of rotatable bonds is 54. The summed E-state index contributed by atoms with van der Waals surface area (Å²) in [5.74, 6) is -0.883. The Morgan fingerprint density at radius 2 is 0.552 bits per heavy atom. The van der Waals surface area contributed by atoms with Crippen LogP contribution in [0.25, 0.3) is 0 Å². The van der Waals surface area contributed by atoms with Crippen molar-refractivity contribution in [1.82, 2.24) is 0 Å². The minimum atomic E-state index is -0.780. The molecule has 6 heteroatoms. The SMILES string of the molecule is CCCC/C=C\C/C=C\CCCCCCCC(=O)OC(COC(=O)CCCCCCC/C=C\CCCCCCC)COC(=O)CCCCCCCCCCCCCCCCCCCCCCC. The number of unbranched alkanes of at least 4 members (excludes halogenated alkanes) is 37. The molecule has 0 saturated carbocycles. The third-order valence-corrected chi connectivity index (χ3v) is 13.1. The first-order chi connectivity index (χ1) is 33.0. The second kappa shape index (κ2) is 56.2. The van der Waals surface area contributed by atoms with Crippen LogP contribution in [0.2, 0.25) is 0 Å². The van der Waals surface area contributed by atoms with Gasteiger partial charge in [-0.25, -0.2) is 0 Å². The number of esters is 3. The van der Waals surface area contributed by atoms with Crippen molar-refractivity contribution in [2.75, 3.05) is 13.2 Å². The van der Waals surface area contributed by atoms with Gasteiger partial charge in [0.1, 0.15) is 13.2 Å². The highest BCUT2D eigenvalue weighted by molar-refractivity contribution is 5.71. The molecule has 0 saturated heterocycles. The van der Waals surface area contributed by atoms with Gasteiger partial charge in [-0.1, -0.05) is 263 Å². The van der Waals surface area contributed by atoms with Crippen LogP contribution in [0, 0.1) is 0 Å². The maximum atomic E-state index is 12.8. The second-order valence-corrected chi connectivity index (χ2v) is 19.9. The van der Waals surface area contributed by atoms with Gasteiger partial charge < -0.3 is 14.2 Å². The van der Waals surface area contributed by atoms with Gasteiger partial charge in [0.2, 0.25) is 0 Å². The molecule has 0 fully saturated rings. The molecular formula is C61H112O6. The first-order valence-corrected chi connectivity index (χ1v) is 29.5. The van der Waals surface area contributed by atoms with E-state index in [0.29, 0.717) is 19.3 Å². The summed E-state index contributed by atoms with van der Waals surface area (Å²) in [6.07, 6.45) is 67.1. The maximum absolute atomic E-state index is 12.8. The molecular weight excluding hydrogens is 829 g/mol. The summed E-state index contributed by atoms with van der Waals surface area (Å²) in [6, 6.07) is 0. The Morgan fingerprint density at radius 3 is 0.881 bits per heavy atom. The summed E-state index contributed by atoms with van der Waals surface area (Å²) in [7, 11) is 0. The molecule has 0 aromatic heterocycles. The van der Waals surface area contributed by atoms with Crippen molar-refractivity contribution in [1.29, 1.82) is 0 Å². The number of allylic oxidation sites excluding steroid dienone is 6. The van der Waals surface area contributed by atoms with Crippen molar-refractivity contribution in [2.45, 2.75) is 322 Å². The van der Waals surface area contributed by atoms with Crippen LogP contribution in [-0.2, 0) is 28.6 Å². The molecule has 1 unspecified atom stereocenters. The molecule has 0 aliphatic heterocycles. The van der Waals surface area contributed by atoms with E-state index in [1.807, 2.05) is 0 Å². The lowest BCUT2D eigenvalue weighted by molar-refractivity contribution is -0.167. The normalized spacial score (nSPS) is 12.2. The zero-order valence-electron chi connectivity index (χ0n) is 44.9. The molecule has 0 N–H and O–H groups in total. The van der Waals surface area contributed by atoms with Gasteiger partial charge in [0.05, 0.1) is 0 Å². The molecule has 1 atom stereocenters. The van der Waals surface area contributed by atoms with Crippen LogP contribution in [0.5, 0.6) is 0 Å². The summed E-state index contributed by atoms with van der Waals surface area (Å²) in [6.45, 7) is 6.61. The van der Waals surface area contributed by atoms with Crippen molar-refractivity contribution in [2.24, 2.45) is 0 Å². The number of carbonyl (C=O) groups is 3. The predicted octanol–water partition coefficient (Wildman–Crippen LogP) is 19.7. The van der Waals surface area contributed by atoms with Gasteiger partial charge in [0.15, 0.2) is 6.10 Å². The molecule has 0 heterocycles. The van der Waals surface area contributed by atoms with E-state index in [-0.39, 0.29) is 31.1 Å². The average Bonchev–Trinajstić information content (AvgIpc) is 3.33. The Balaban J connectivity index is 4.30. The molecule has 392 valence electrons. The molecule has 0 rings (SSSR count). The van der Waals surface area contributed by atoms with E-state index in [9.17, 15) is 14.4 Å². The topological polar surface area (TPSA) is 78.9 Å². The largest absolute Gasteiger partial charge is 0.462 e. The lowest BCUT2D eigenvalue weighted by Gasteiger charge is -2.18. The van der Waals surface area contributed by atoms with E-state index in [2.05, 4.69) is 57.2 Å². The fourth-order valence-corrected chi connectivity index (χ4v) is 8.63. The Morgan fingerprint density at radius 1 is 0.299 bits per heavy atom. The zero-order chi connectivity index (χ0) is 48.6. The summed E-state index contributed by atoms with van der Waals surface area (Å²) >= 11 is 0. The van der Waals surface area contributed by atoms with E-state index in [1.54, 1.807) is 0 Å². The molecule has 0 radical (unpaired) electrons. The van der Waals surface area contributed by atoms with Crippen LogP contribution >= 0.6 is 0 Å². The third kappa shape index (κ3) is 54.4. The van der Waals surface area contributed by atoms with E-state index in [4.69, 9.17) is 14.2 Å². The highest BCUT2D eigenvalue weighted by atomic mass is 16.6. The minimum absolute atomic E-state index is 0.0769. The third-order valence-electron chi connectivity index (χ3n) is 13.1. The van der Waals surface area contributed by atoms with E-state index in [0.717, 1.165) is 89.9 Å². The molecule has 0 aromatic rings. The zero-order valence-corrected chi connectivity index (χ0v) is 44.9. The van der Waals surface area contributed by atoms with Gasteiger partial charge in [0, 0.05) is 19.3 Å². The van der Waals surface area contributed by atoms with Gasteiger partial charge in [-0.2, -0.15) is 0 Å².